The Bertz CT molecular complexity index is 2240. The second kappa shape index (κ2) is 11.1. The van der Waals surface area contributed by atoms with Gasteiger partial charge in [-0.2, -0.15) is 36.8 Å². The number of ether oxygens (including phenoxy) is 1. The Morgan fingerprint density at radius 1 is 0.533 bits per heavy atom. The van der Waals surface area contributed by atoms with Gasteiger partial charge in [0.1, 0.15) is 53.3 Å². The van der Waals surface area contributed by atoms with E-state index in [9.17, 15) is 50.0 Å². The van der Waals surface area contributed by atoms with Crippen molar-refractivity contribution < 1.29 is 17.9 Å². The van der Waals surface area contributed by atoms with E-state index in [1.165, 1.54) is 36.4 Å². The van der Waals surface area contributed by atoms with Crippen LogP contribution >= 0.6 is 0 Å². The molecular weight excluding hydrogens is 579 g/mol. The molecule has 45 heavy (non-hydrogen) atoms. The predicted molar refractivity (Wildman–Crippen MR) is 152 cm³/mol. The zero-order valence-corrected chi connectivity index (χ0v) is 22.4. The fourth-order valence-corrected chi connectivity index (χ4v) is 5.35. The van der Waals surface area contributed by atoms with Gasteiger partial charge in [-0.05, 0) is 58.7 Å². The first-order valence-electron chi connectivity index (χ1n) is 12.6. The zero-order chi connectivity index (χ0) is 32.5. The number of nitriles is 7. The van der Waals surface area contributed by atoms with Gasteiger partial charge in [-0.15, -0.1) is 13.2 Å². The van der Waals surface area contributed by atoms with Gasteiger partial charge in [0.05, 0.1) is 22.8 Å². The van der Waals surface area contributed by atoms with Gasteiger partial charge in [0.25, 0.3) is 0 Å². The van der Waals surface area contributed by atoms with E-state index < -0.39 is 17.7 Å². The molecule has 3 aromatic carbocycles. The number of hydrogen-bond acceptors (Lipinski definition) is 8. The maximum atomic E-state index is 12.7. The Morgan fingerprint density at radius 3 is 1.29 bits per heavy atom. The highest BCUT2D eigenvalue weighted by Crippen LogP contribution is 2.54. The normalized spacial score (nSPS) is 12.8. The van der Waals surface area contributed by atoms with Gasteiger partial charge in [0, 0.05) is 33.4 Å². The average Bonchev–Trinajstić information content (AvgIpc) is 3.53. The molecule has 11 heteroatoms. The number of allylic oxidation sites excluding steroid dienone is 8. The molecule has 0 aliphatic heterocycles. The standard InChI is InChI=1S/C34H10F3N7O/c35-34(36,37)45-23-7-5-20(6-8-23)31-29(17-44)25-9-24-26(10-27(25)33(31)22(14-41)15-42)32(21(12-39)13-40)30(28(24)16-43)19-3-1-18(11-38)2-4-19/h1-10H. The Labute approximate surface area is 253 Å². The van der Waals surface area contributed by atoms with E-state index in [1.807, 2.05) is 18.2 Å². The molecular formula is C34H10F3N7O. The third kappa shape index (κ3) is 4.81. The molecule has 2 aliphatic carbocycles. The van der Waals surface area contributed by atoms with Crippen molar-refractivity contribution in [1.82, 2.24) is 0 Å². The highest BCUT2D eigenvalue weighted by molar-refractivity contribution is 6.29. The first kappa shape index (κ1) is 29.1. The third-order valence-corrected chi connectivity index (χ3v) is 7.09. The lowest BCUT2D eigenvalue weighted by Gasteiger charge is -2.12. The molecule has 0 atom stereocenters. The lowest BCUT2D eigenvalue weighted by Crippen LogP contribution is -2.17. The molecule has 0 unspecified atom stereocenters. The topological polar surface area (TPSA) is 176 Å². The van der Waals surface area contributed by atoms with Crippen LogP contribution in [-0.2, 0) is 0 Å². The fraction of sp³-hybridized carbons (Fsp3) is 0.0294. The molecule has 0 amide bonds. The van der Waals surface area contributed by atoms with Crippen LogP contribution in [0.25, 0.3) is 33.4 Å². The van der Waals surface area contributed by atoms with Crippen LogP contribution in [0.2, 0.25) is 0 Å². The van der Waals surface area contributed by atoms with Crippen LogP contribution in [-0.4, -0.2) is 6.36 Å². The molecule has 208 valence electrons. The van der Waals surface area contributed by atoms with Gasteiger partial charge in [-0.1, -0.05) is 24.3 Å². The number of rotatable bonds is 3. The molecule has 0 bridgehead atoms. The molecule has 3 aromatic rings. The van der Waals surface area contributed by atoms with E-state index in [1.54, 1.807) is 24.3 Å². The van der Waals surface area contributed by atoms with Crippen LogP contribution in [0.15, 0.2) is 71.8 Å². The molecule has 0 heterocycles. The summed E-state index contributed by atoms with van der Waals surface area (Å²) in [5.74, 6) is -0.527. The predicted octanol–water partition coefficient (Wildman–Crippen LogP) is 6.95. The molecule has 2 aliphatic rings. The molecule has 0 radical (unpaired) electrons. The van der Waals surface area contributed by atoms with Gasteiger partial charge in [-0.3, -0.25) is 0 Å². The molecule has 0 N–H and O–H groups in total. The first-order valence-corrected chi connectivity index (χ1v) is 12.6. The molecule has 0 saturated carbocycles. The minimum Gasteiger partial charge on any atom is -0.406 e. The number of nitrogens with zero attached hydrogens (tertiary/aromatic N) is 7. The van der Waals surface area contributed by atoms with Crippen molar-refractivity contribution in [1.29, 1.82) is 36.8 Å². The number of fused-ring (bicyclic) bond motifs is 2. The summed E-state index contributed by atoms with van der Waals surface area (Å²) in [5, 5.41) is 69.4. The number of hydrogen-bond donors (Lipinski definition) is 0. The molecule has 0 spiro atoms. The summed E-state index contributed by atoms with van der Waals surface area (Å²) in [6, 6.07) is 27.2. The lowest BCUT2D eigenvalue weighted by atomic mass is 9.89. The summed E-state index contributed by atoms with van der Waals surface area (Å²) < 4.78 is 42.2. The summed E-state index contributed by atoms with van der Waals surface area (Å²) in [5.41, 5.74) is 1.69. The number of alkyl halides is 3. The van der Waals surface area contributed by atoms with Crippen LogP contribution in [0.5, 0.6) is 5.75 Å². The minimum atomic E-state index is -4.94. The van der Waals surface area contributed by atoms with Gasteiger partial charge in [0.15, 0.2) is 0 Å². The van der Waals surface area contributed by atoms with Crippen molar-refractivity contribution in [2.24, 2.45) is 0 Å². The largest absolute Gasteiger partial charge is 0.573 e. The van der Waals surface area contributed by atoms with Gasteiger partial charge < -0.3 is 4.74 Å². The van der Waals surface area contributed by atoms with E-state index in [-0.39, 0.29) is 66.8 Å². The van der Waals surface area contributed by atoms with Crippen molar-refractivity contribution in [2.45, 2.75) is 6.36 Å². The van der Waals surface area contributed by atoms with Crippen LogP contribution in [0.1, 0.15) is 38.9 Å². The Hall–Kier alpha value is -7.36. The van der Waals surface area contributed by atoms with Crippen molar-refractivity contribution >= 4 is 33.4 Å². The maximum absolute atomic E-state index is 12.7. The maximum Gasteiger partial charge on any atom is 0.573 e. The first-order chi connectivity index (χ1) is 21.6. The zero-order valence-electron chi connectivity index (χ0n) is 22.4. The van der Waals surface area contributed by atoms with Gasteiger partial charge in [0.2, 0.25) is 0 Å². The number of benzene rings is 3. The average molecular weight is 589 g/mol. The molecule has 0 aromatic heterocycles. The summed E-state index contributed by atoms with van der Waals surface area (Å²) in [6.07, 6.45) is -4.94. The van der Waals surface area contributed by atoms with Crippen LogP contribution in [0, 0.1) is 79.3 Å². The summed E-state index contributed by atoms with van der Waals surface area (Å²) in [7, 11) is 0. The monoisotopic (exact) mass is 589 g/mol. The molecule has 5 rings (SSSR count). The van der Waals surface area contributed by atoms with Crippen molar-refractivity contribution in [3.05, 3.63) is 111 Å². The number of halogens is 3. The Kier molecular flexibility index (Phi) is 7.21. The van der Waals surface area contributed by atoms with Gasteiger partial charge in [-0.25, -0.2) is 0 Å². The van der Waals surface area contributed by atoms with Crippen molar-refractivity contribution in [3.8, 4) is 48.2 Å². The van der Waals surface area contributed by atoms with E-state index in [0.717, 1.165) is 12.1 Å². The lowest BCUT2D eigenvalue weighted by molar-refractivity contribution is -0.274. The second-order valence-electron chi connectivity index (χ2n) is 9.38. The van der Waals surface area contributed by atoms with Crippen LogP contribution in [0.4, 0.5) is 13.2 Å². The van der Waals surface area contributed by atoms with Crippen molar-refractivity contribution in [3.63, 3.8) is 0 Å². The van der Waals surface area contributed by atoms with E-state index in [2.05, 4.69) is 16.9 Å². The second-order valence-corrected chi connectivity index (χ2v) is 9.38. The third-order valence-electron chi connectivity index (χ3n) is 7.09. The van der Waals surface area contributed by atoms with Gasteiger partial charge >= 0.3 is 6.36 Å². The Balaban J connectivity index is 1.84. The summed E-state index contributed by atoms with van der Waals surface area (Å²) in [4.78, 5) is 0. The quantitative estimate of drug-likeness (QED) is 0.295. The van der Waals surface area contributed by atoms with Crippen molar-refractivity contribution in [2.75, 3.05) is 0 Å². The summed E-state index contributed by atoms with van der Waals surface area (Å²) in [6.45, 7) is 0. The highest BCUT2D eigenvalue weighted by atomic mass is 19.4. The van der Waals surface area contributed by atoms with E-state index in [0.29, 0.717) is 11.1 Å². The SMILES string of the molecule is N#CC(C#N)=C1C(c2ccc(C#N)cc2)=C(C#N)c2cc3c(cc21)C(=C(C#N)C#N)C(c1ccc(OC(F)(F)F)cc1)=C3C#N. The summed E-state index contributed by atoms with van der Waals surface area (Å²) >= 11 is 0. The van der Waals surface area contributed by atoms with Crippen LogP contribution in [0.3, 0.4) is 0 Å². The highest BCUT2D eigenvalue weighted by Gasteiger charge is 2.37. The molecule has 8 nitrogen and oxygen atoms in total. The smallest absolute Gasteiger partial charge is 0.406 e. The molecule has 0 saturated heterocycles. The minimum absolute atomic E-state index is 0.0129. The van der Waals surface area contributed by atoms with E-state index in [4.69, 9.17) is 0 Å². The fourth-order valence-electron chi connectivity index (χ4n) is 5.35. The van der Waals surface area contributed by atoms with E-state index >= 15 is 0 Å². The molecule has 0 fully saturated rings. The van der Waals surface area contributed by atoms with Crippen LogP contribution < -0.4 is 4.74 Å². The Morgan fingerprint density at radius 2 is 0.933 bits per heavy atom.